The molecule has 0 atom stereocenters. The van der Waals surface area contributed by atoms with Gasteiger partial charge in [0, 0.05) is 30.1 Å². The van der Waals surface area contributed by atoms with Gasteiger partial charge in [-0.3, -0.25) is 0 Å². The van der Waals surface area contributed by atoms with E-state index >= 15 is 0 Å². The molecule has 30 heavy (non-hydrogen) atoms. The smallest absolute Gasteiger partial charge is 0.371 e. The van der Waals surface area contributed by atoms with E-state index in [1.54, 1.807) is 36.6 Å². The van der Waals surface area contributed by atoms with Crippen LogP contribution in [0.4, 0.5) is 0 Å². The fourth-order valence-electron chi connectivity index (χ4n) is 2.67. The Labute approximate surface area is 192 Å². The summed E-state index contributed by atoms with van der Waals surface area (Å²) in [7, 11) is 0. The van der Waals surface area contributed by atoms with Crippen molar-refractivity contribution >= 4 is 74.3 Å². The molecular formula is C21H16Cl4O5. The maximum Gasteiger partial charge on any atom is 0.371 e. The summed E-state index contributed by atoms with van der Waals surface area (Å²) < 4.78 is 15.1. The molecule has 1 fully saturated rings. The zero-order chi connectivity index (χ0) is 21.7. The van der Waals surface area contributed by atoms with E-state index in [0.29, 0.717) is 36.6 Å². The molecule has 0 saturated carbocycles. The highest BCUT2D eigenvalue weighted by molar-refractivity contribution is 6.40. The molecule has 0 spiro atoms. The van der Waals surface area contributed by atoms with Crippen LogP contribution in [0.25, 0.3) is 21.9 Å². The van der Waals surface area contributed by atoms with Crippen LogP contribution in [0.5, 0.6) is 0 Å². The van der Waals surface area contributed by atoms with E-state index in [9.17, 15) is 4.79 Å². The third-order valence-corrected chi connectivity index (χ3v) is 5.39. The van der Waals surface area contributed by atoms with E-state index in [1.165, 1.54) is 18.9 Å². The van der Waals surface area contributed by atoms with Crippen LogP contribution >= 0.6 is 46.4 Å². The Hall–Kier alpha value is -1.89. The van der Waals surface area contributed by atoms with Crippen LogP contribution in [0.2, 0.25) is 20.1 Å². The molecular weight excluding hydrogens is 474 g/mol. The second-order valence-electron chi connectivity index (χ2n) is 6.20. The average Bonchev–Trinajstić information content (AvgIpc) is 3.50. The molecule has 1 aliphatic rings. The summed E-state index contributed by atoms with van der Waals surface area (Å²) in [6.45, 7) is 2.00. The van der Waals surface area contributed by atoms with Gasteiger partial charge in [0.05, 0.1) is 26.4 Å². The number of furan rings is 2. The summed E-state index contributed by atoms with van der Waals surface area (Å²) in [6.07, 6.45) is 4.13. The van der Waals surface area contributed by atoms with E-state index in [2.05, 4.69) is 0 Å². The van der Waals surface area contributed by atoms with Gasteiger partial charge >= 0.3 is 5.97 Å². The Bertz CT molecular complexity index is 1080. The van der Waals surface area contributed by atoms with Gasteiger partial charge in [0.1, 0.15) is 0 Å². The first-order valence-corrected chi connectivity index (χ1v) is 10.4. The second-order valence-corrected chi connectivity index (χ2v) is 7.83. The number of carbonyl (C=O) groups is 1. The summed E-state index contributed by atoms with van der Waals surface area (Å²) in [5.41, 5.74) is 0.954. The minimum atomic E-state index is -1.15. The molecule has 5 rings (SSSR count). The van der Waals surface area contributed by atoms with Crippen molar-refractivity contribution in [1.29, 1.82) is 0 Å². The zero-order valence-corrected chi connectivity index (χ0v) is 18.5. The van der Waals surface area contributed by atoms with Crippen molar-refractivity contribution in [3.8, 4) is 0 Å². The largest absolute Gasteiger partial charge is 0.475 e. The Balaban J connectivity index is 0.000000142. The predicted octanol–water partition coefficient (Wildman–Crippen LogP) is 7.97. The molecule has 0 aliphatic carbocycles. The van der Waals surface area contributed by atoms with E-state index in [0.717, 1.165) is 18.6 Å². The number of fused-ring (bicyclic) bond motifs is 2. The number of aromatic carboxylic acids is 1. The molecule has 2 aromatic heterocycles. The van der Waals surface area contributed by atoms with Gasteiger partial charge in [0.2, 0.25) is 5.76 Å². The fraction of sp³-hybridized carbons (Fsp3) is 0.190. The molecule has 158 valence electrons. The van der Waals surface area contributed by atoms with Crippen LogP contribution < -0.4 is 0 Å². The van der Waals surface area contributed by atoms with Gasteiger partial charge in [0.25, 0.3) is 0 Å². The summed E-state index contributed by atoms with van der Waals surface area (Å²) in [5.74, 6) is -1.32. The minimum absolute atomic E-state index is 0.171. The lowest BCUT2D eigenvalue weighted by Crippen LogP contribution is -1.91. The van der Waals surface area contributed by atoms with Gasteiger partial charge in [0.15, 0.2) is 11.2 Å². The number of benzene rings is 2. The fourth-order valence-corrected chi connectivity index (χ4v) is 3.50. The van der Waals surface area contributed by atoms with E-state index in [1.807, 2.05) is 0 Å². The monoisotopic (exact) mass is 488 g/mol. The predicted molar refractivity (Wildman–Crippen MR) is 119 cm³/mol. The summed E-state index contributed by atoms with van der Waals surface area (Å²) >= 11 is 23.3. The lowest BCUT2D eigenvalue weighted by atomic mass is 10.2. The van der Waals surface area contributed by atoms with Gasteiger partial charge in [-0.1, -0.05) is 46.4 Å². The molecule has 0 bridgehead atoms. The normalized spacial score (nSPS) is 12.9. The lowest BCUT2D eigenvalue weighted by molar-refractivity contribution is 0.0665. The number of hydrogen-bond acceptors (Lipinski definition) is 4. The van der Waals surface area contributed by atoms with Gasteiger partial charge in [-0.25, -0.2) is 4.79 Å². The van der Waals surface area contributed by atoms with Crippen molar-refractivity contribution in [3.05, 3.63) is 68.5 Å². The van der Waals surface area contributed by atoms with Crippen molar-refractivity contribution in [1.82, 2.24) is 0 Å². The minimum Gasteiger partial charge on any atom is -0.475 e. The number of carboxylic acids is 1. The Morgan fingerprint density at radius 3 is 1.87 bits per heavy atom. The van der Waals surface area contributed by atoms with Crippen molar-refractivity contribution in [2.45, 2.75) is 12.8 Å². The van der Waals surface area contributed by atoms with E-state index in [4.69, 9.17) is 65.1 Å². The lowest BCUT2D eigenvalue weighted by Gasteiger charge is -1.93. The molecule has 9 heteroatoms. The van der Waals surface area contributed by atoms with Gasteiger partial charge in [-0.15, -0.1) is 0 Å². The zero-order valence-electron chi connectivity index (χ0n) is 15.5. The molecule has 0 amide bonds. The average molecular weight is 490 g/mol. The first-order chi connectivity index (χ1) is 14.4. The standard InChI is InChI=1S/C9H4Cl2O3.C8H4Cl2O.C4H8O/c10-5-1-2-6(11)8-4(5)3-7(14-8)9(12)13;9-6-1-2-7(10)8-5(6)3-4-11-8;1-2-4-5-3-1/h1-3H,(H,12,13);1-4H;1-4H2. The number of rotatable bonds is 1. The highest BCUT2D eigenvalue weighted by atomic mass is 35.5. The maximum atomic E-state index is 10.6. The molecule has 1 aliphatic heterocycles. The molecule has 1 N–H and O–H groups in total. The number of ether oxygens (including phenoxy) is 1. The Kier molecular flexibility index (Phi) is 7.92. The highest BCUT2D eigenvalue weighted by Gasteiger charge is 2.14. The Morgan fingerprint density at radius 1 is 0.800 bits per heavy atom. The molecule has 0 unspecified atom stereocenters. The SMILES string of the molecule is C1CCOC1.Clc1ccc(Cl)c2occc12.O=C(O)c1cc2c(Cl)ccc(Cl)c2o1. The molecule has 4 aromatic rings. The second kappa shape index (κ2) is 10.4. The van der Waals surface area contributed by atoms with Crippen LogP contribution in [0.15, 0.2) is 51.5 Å². The van der Waals surface area contributed by atoms with Crippen molar-refractivity contribution in [2.75, 3.05) is 13.2 Å². The van der Waals surface area contributed by atoms with Crippen molar-refractivity contribution in [2.24, 2.45) is 0 Å². The van der Waals surface area contributed by atoms with Crippen LogP contribution in [0, 0.1) is 0 Å². The van der Waals surface area contributed by atoms with Crippen LogP contribution in [0.3, 0.4) is 0 Å². The van der Waals surface area contributed by atoms with Gasteiger partial charge in [-0.2, -0.15) is 0 Å². The number of carboxylic acid groups (broad SMARTS) is 1. The summed E-state index contributed by atoms with van der Waals surface area (Å²) in [6, 6.07) is 9.77. The van der Waals surface area contributed by atoms with Gasteiger partial charge < -0.3 is 18.7 Å². The number of halogens is 4. The summed E-state index contributed by atoms with van der Waals surface area (Å²) in [4.78, 5) is 10.6. The molecule has 3 heterocycles. The van der Waals surface area contributed by atoms with Crippen molar-refractivity contribution < 1.29 is 23.5 Å². The van der Waals surface area contributed by atoms with Gasteiger partial charge in [-0.05, 0) is 43.2 Å². The third-order valence-electron chi connectivity index (χ3n) is 4.14. The van der Waals surface area contributed by atoms with E-state index in [-0.39, 0.29) is 5.76 Å². The third kappa shape index (κ3) is 5.42. The molecule has 5 nitrogen and oxygen atoms in total. The quantitative estimate of drug-likeness (QED) is 0.293. The van der Waals surface area contributed by atoms with Crippen molar-refractivity contribution in [3.63, 3.8) is 0 Å². The maximum absolute atomic E-state index is 10.6. The van der Waals surface area contributed by atoms with E-state index < -0.39 is 5.97 Å². The van der Waals surface area contributed by atoms with Crippen LogP contribution in [-0.2, 0) is 4.74 Å². The molecule has 2 aromatic carbocycles. The topological polar surface area (TPSA) is 72.8 Å². The molecule has 0 radical (unpaired) electrons. The Morgan fingerprint density at radius 2 is 1.37 bits per heavy atom. The molecule has 1 saturated heterocycles. The summed E-state index contributed by atoms with van der Waals surface area (Å²) in [5, 5.41) is 12.1. The first-order valence-electron chi connectivity index (χ1n) is 8.88. The number of hydrogen-bond donors (Lipinski definition) is 1. The highest BCUT2D eigenvalue weighted by Crippen LogP contribution is 2.32. The first kappa shape index (κ1) is 22.8. The van der Waals surface area contributed by atoms with Crippen LogP contribution in [0.1, 0.15) is 23.4 Å². The van der Waals surface area contributed by atoms with Crippen LogP contribution in [-0.4, -0.2) is 24.3 Å².